The van der Waals surface area contributed by atoms with Gasteiger partial charge in [0.15, 0.2) is 0 Å². The maximum Gasteiger partial charge on any atom is -0.00151 e. The van der Waals surface area contributed by atoms with Crippen molar-refractivity contribution in [2.45, 2.75) is 40.0 Å². The summed E-state index contributed by atoms with van der Waals surface area (Å²) < 4.78 is 0. The van der Waals surface area contributed by atoms with Gasteiger partial charge in [-0.15, -0.1) is 0 Å². The second-order valence-corrected chi connectivity index (χ2v) is 5.48. The second-order valence-electron chi connectivity index (χ2n) is 5.48. The quantitative estimate of drug-likeness (QED) is 0.703. The third kappa shape index (κ3) is 1.63. The van der Waals surface area contributed by atoms with Crippen molar-refractivity contribution in [3.63, 3.8) is 0 Å². The lowest BCUT2D eigenvalue weighted by atomic mass is 9.66. The van der Waals surface area contributed by atoms with Gasteiger partial charge in [0.25, 0.3) is 0 Å². The fourth-order valence-corrected chi connectivity index (χ4v) is 2.99. The van der Waals surface area contributed by atoms with Gasteiger partial charge in [0.2, 0.25) is 0 Å². The highest BCUT2D eigenvalue weighted by molar-refractivity contribution is 5.11. The molecular weight excluding hydrogens is 158 g/mol. The molecular formula is C12H23N. The number of hydrogen-bond acceptors (Lipinski definition) is 1. The molecule has 0 aromatic heterocycles. The first-order valence-electron chi connectivity index (χ1n) is 5.88. The molecule has 2 aliphatic rings. The molecule has 76 valence electrons. The first kappa shape index (κ1) is 9.51. The zero-order valence-corrected chi connectivity index (χ0v) is 9.27. The van der Waals surface area contributed by atoms with E-state index < -0.39 is 0 Å². The van der Waals surface area contributed by atoms with Gasteiger partial charge in [-0.2, -0.15) is 0 Å². The molecule has 0 amide bonds. The molecule has 1 N–H and O–H groups in total. The monoisotopic (exact) mass is 181 g/mol. The lowest BCUT2D eigenvalue weighted by molar-refractivity contribution is 0.105. The molecule has 2 aliphatic carbocycles. The molecule has 0 aliphatic heterocycles. The van der Waals surface area contributed by atoms with Crippen LogP contribution in [0.2, 0.25) is 0 Å². The molecule has 1 nitrogen and oxygen atoms in total. The average Bonchev–Trinajstić information content (AvgIpc) is 2.71. The van der Waals surface area contributed by atoms with E-state index in [1.165, 1.54) is 25.8 Å². The Morgan fingerprint density at radius 1 is 1.31 bits per heavy atom. The minimum absolute atomic E-state index is 0.830. The smallest absolute Gasteiger partial charge is 0.00151 e. The van der Waals surface area contributed by atoms with Crippen molar-refractivity contribution in [1.29, 1.82) is 0 Å². The molecule has 2 fully saturated rings. The average molecular weight is 181 g/mol. The molecule has 0 bridgehead atoms. The normalized spacial score (nSPS) is 42.5. The van der Waals surface area contributed by atoms with E-state index in [4.69, 9.17) is 0 Å². The van der Waals surface area contributed by atoms with Crippen molar-refractivity contribution in [2.75, 3.05) is 13.1 Å². The Kier molecular flexibility index (Phi) is 2.39. The molecule has 0 saturated heterocycles. The van der Waals surface area contributed by atoms with Gasteiger partial charge in [0.1, 0.15) is 0 Å². The minimum atomic E-state index is 0.830. The third-order valence-electron chi connectivity index (χ3n) is 4.28. The van der Waals surface area contributed by atoms with Crippen LogP contribution in [0.3, 0.4) is 0 Å². The standard InChI is InChI=1S/C12H23N/c1-4-13-8-11-7-12(11)5-10(6-12)9(2)3/h9-11,13H,4-8H2,1-3H3. The predicted octanol–water partition coefficient (Wildman–Crippen LogP) is 2.67. The summed E-state index contributed by atoms with van der Waals surface area (Å²) in [7, 11) is 0. The van der Waals surface area contributed by atoms with Crippen molar-refractivity contribution in [3.8, 4) is 0 Å². The highest BCUT2D eigenvalue weighted by Gasteiger charge is 2.60. The Morgan fingerprint density at radius 3 is 2.54 bits per heavy atom. The maximum atomic E-state index is 3.48. The summed E-state index contributed by atoms with van der Waals surface area (Å²) in [6.07, 6.45) is 4.57. The fourth-order valence-electron chi connectivity index (χ4n) is 2.99. The summed E-state index contributed by atoms with van der Waals surface area (Å²) in [5, 5.41) is 3.48. The Labute approximate surface area is 82.3 Å². The Hall–Kier alpha value is -0.0400. The zero-order chi connectivity index (χ0) is 9.47. The molecule has 1 heteroatoms. The van der Waals surface area contributed by atoms with Crippen LogP contribution in [0.4, 0.5) is 0 Å². The van der Waals surface area contributed by atoms with Gasteiger partial charge in [-0.05, 0) is 55.5 Å². The van der Waals surface area contributed by atoms with E-state index in [-0.39, 0.29) is 0 Å². The van der Waals surface area contributed by atoms with Crippen LogP contribution < -0.4 is 5.32 Å². The van der Waals surface area contributed by atoms with Crippen molar-refractivity contribution in [1.82, 2.24) is 5.32 Å². The van der Waals surface area contributed by atoms with Crippen molar-refractivity contribution >= 4 is 0 Å². The molecule has 1 atom stereocenters. The van der Waals surface area contributed by atoms with E-state index in [1.54, 1.807) is 0 Å². The first-order chi connectivity index (χ1) is 6.18. The lowest BCUT2D eigenvalue weighted by Gasteiger charge is -2.40. The van der Waals surface area contributed by atoms with Crippen molar-refractivity contribution in [2.24, 2.45) is 23.2 Å². The summed E-state index contributed by atoms with van der Waals surface area (Å²) in [5.74, 6) is 3.00. The summed E-state index contributed by atoms with van der Waals surface area (Å²) in [6, 6.07) is 0. The van der Waals surface area contributed by atoms with Crippen LogP contribution in [-0.4, -0.2) is 13.1 Å². The van der Waals surface area contributed by atoms with E-state index >= 15 is 0 Å². The first-order valence-corrected chi connectivity index (χ1v) is 5.88. The van der Waals surface area contributed by atoms with Gasteiger partial charge in [-0.3, -0.25) is 0 Å². The summed E-state index contributed by atoms with van der Waals surface area (Å²) in [6.45, 7) is 9.37. The molecule has 0 heterocycles. The summed E-state index contributed by atoms with van der Waals surface area (Å²) >= 11 is 0. The van der Waals surface area contributed by atoms with E-state index in [2.05, 4.69) is 26.1 Å². The third-order valence-corrected chi connectivity index (χ3v) is 4.28. The van der Waals surface area contributed by atoms with E-state index in [0.717, 1.165) is 29.7 Å². The number of hydrogen-bond donors (Lipinski definition) is 1. The van der Waals surface area contributed by atoms with Gasteiger partial charge >= 0.3 is 0 Å². The molecule has 0 radical (unpaired) electrons. The zero-order valence-electron chi connectivity index (χ0n) is 9.27. The van der Waals surface area contributed by atoms with Crippen LogP contribution in [0.25, 0.3) is 0 Å². The van der Waals surface area contributed by atoms with E-state index in [0.29, 0.717) is 0 Å². The SMILES string of the molecule is CCNCC1CC12CC(C(C)C)C2. The van der Waals surface area contributed by atoms with Crippen LogP contribution in [0.5, 0.6) is 0 Å². The Bertz CT molecular complexity index is 180. The second kappa shape index (κ2) is 3.27. The van der Waals surface area contributed by atoms with Crippen molar-refractivity contribution in [3.05, 3.63) is 0 Å². The van der Waals surface area contributed by atoms with Crippen LogP contribution >= 0.6 is 0 Å². The minimum Gasteiger partial charge on any atom is -0.317 e. The van der Waals surface area contributed by atoms with Crippen LogP contribution in [-0.2, 0) is 0 Å². The Morgan fingerprint density at radius 2 is 2.00 bits per heavy atom. The van der Waals surface area contributed by atoms with Crippen LogP contribution in [0, 0.1) is 23.2 Å². The van der Waals surface area contributed by atoms with E-state index in [1.807, 2.05) is 0 Å². The number of nitrogens with one attached hydrogen (secondary N) is 1. The molecule has 2 rings (SSSR count). The highest BCUT2D eigenvalue weighted by Crippen LogP contribution is 2.68. The summed E-state index contributed by atoms with van der Waals surface area (Å²) in [5.41, 5.74) is 0.830. The van der Waals surface area contributed by atoms with Gasteiger partial charge in [0.05, 0.1) is 0 Å². The molecule has 2 saturated carbocycles. The summed E-state index contributed by atoms with van der Waals surface area (Å²) in [4.78, 5) is 0. The topological polar surface area (TPSA) is 12.0 Å². The van der Waals surface area contributed by atoms with Gasteiger partial charge in [-0.25, -0.2) is 0 Å². The molecule has 13 heavy (non-hydrogen) atoms. The predicted molar refractivity (Wildman–Crippen MR) is 56.6 cm³/mol. The van der Waals surface area contributed by atoms with Crippen LogP contribution in [0.15, 0.2) is 0 Å². The Balaban J connectivity index is 1.69. The van der Waals surface area contributed by atoms with Gasteiger partial charge in [-0.1, -0.05) is 20.8 Å². The largest absolute Gasteiger partial charge is 0.317 e. The lowest BCUT2D eigenvalue weighted by Crippen LogP contribution is -2.32. The van der Waals surface area contributed by atoms with Gasteiger partial charge in [0, 0.05) is 0 Å². The maximum absolute atomic E-state index is 3.48. The van der Waals surface area contributed by atoms with Crippen LogP contribution in [0.1, 0.15) is 40.0 Å². The van der Waals surface area contributed by atoms with E-state index in [9.17, 15) is 0 Å². The highest BCUT2D eigenvalue weighted by atomic mass is 14.9. The molecule has 1 spiro atoms. The fraction of sp³-hybridized carbons (Fsp3) is 1.00. The van der Waals surface area contributed by atoms with Gasteiger partial charge < -0.3 is 5.32 Å². The molecule has 0 aromatic carbocycles. The molecule has 1 unspecified atom stereocenters. The number of rotatable bonds is 4. The molecule has 0 aromatic rings. The van der Waals surface area contributed by atoms with Crippen molar-refractivity contribution < 1.29 is 0 Å².